The molecule has 19 heavy (non-hydrogen) atoms. The van der Waals surface area contributed by atoms with Gasteiger partial charge in [0.1, 0.15) is 11.0 Å². The highest BCUT2D eigenvalue weighted by molar-refractivity contribution is 6.29. The topological polar surface area (TPSA) is 81.0 Å². The molecule has 6 nitrogen and oxygen atoms in total. The van der Waals surface area contributed by atoms with Crippen LogP contribution in [0.5, 0.6) is 0 Å². The number of nitro groups is 1. The first-order valence-electron chi connectivity index (χ1n) is 5.61. The fourth-order valence-corrected chi connectivity index (χ4v) is 1.75. The van der Waals surface area contributed by atoms with Gasteiger partial charge in [-0.2, -0.15) is 0 Å². The van der Waals surface area contributed by atoms with E-state index in [1.165, 1.54) is 12.1 Å². The smallest absolute Gasteiger partial charge is 0.276 e. The first-order chi connectivity index (χ1) is 9.15. The summed E-state index contributed by atoms with van der Waals surface area (Å²) in [4.78, 5) is 18.3. The van der Waals surface area contributed by atoms with Crippen LogP contribution in [0.4, 0.5) is 11.5 Å². The molecular weight excluding hydrogens is 268 g/mol. The fraction of sp³-hybridized carbons (Fsp3) is 0.167. The zero-order valence-corrected chi connectivity index (χ0v) is 10.7. The molecule has 0 aliphatic heterocycles. The minimum Gasteiger partial charge on any atom is -0.369 e. The van der Waals surface area contributed by atoms with Gasteiger partial charge in [-0.25, -0.2) is 4.98 Å². The van der Waals surface area contributed by atoms with Crippen LogP contribution in [0.25, 0.3) is 0 Å². The number of hydrogen-bond donors (Lipinski definition) is 1. The molecule has 0 unspecified atom stereocenters. The first kappa shape index (κ1) is 13.2. The van der Waals surface area contributed by atoms with Crippen molar-refractivity contribution in [1.29, 1.82) is 0 Å². The summed E-state index contributed by atoms with van der Waals surface area (Å²) in [5.74, 6) is 0.384. The van der Waals surface area contributed by atoms with Gasteiger partial charge in [0.2, 0.25) is 0 Å². The third-order valence-corrected chi connectivity index (χ3v) is 2.60. The van der Waals surface area contributed by atoms with E-state index in [1.807, 2.05) is 18.2 Å². The monoisotopic (exact) mass is 278 g/mol. The molecule has 0 spiro atoms. The van der Waals surface area contributed by atoms with Gasteiger partial charge in [-0.05, 0) is 12.1 Å². The summed E-state index contributed by atoms with van der Waals surface area (Å²) in [6, 6.07) is 8.23. The molecule has 2 heterocycles. The van der Waals surface area contributed by atoms with E-state index in [4.69, 9.17) is 11.6 Å². The van der Waals surface area contributed by atoms with Crippen molar-refractivity contribution in [3.8, 4) is 0 Å². The van der Waals surface area contributed by atoms with Gasteiger partial charge in [-0.1, -0.05) is 17.7 Å². The summed E-state index contributed by atoms with van der Waals surface area (Å²) >= 11 is 5.72. The van der Waals surface area contributed by atoms with Gasteiger partial charge < -0.3 is 5.32 Å². The van der Waals surface area contributed by atoms with Crippen molar-refractivity contribution in [3.63, 3.8) is 0 Å². The Morgan fingerprint density at radius 3 is 2.89 bits per heavy atom. The van der Waals surface area contributed by atoms with Crippen molar-refractivity contribution in [1.82, 2.24) is 9.97 Å². The van der Waals surface area contributed by atoms with Gasteiger partial charge in [-0.3, -0.25) is 15.1 Å². The highest BCUT2D eigenvalue weighted by Gasteiger charge is 2.09. The van der Waals surface area contributed by atoms with Crippen LogP contribution < -0.4 is 5.32 Å². The van der Waals surface area contributed by atoms with Crippen molar-refractivity contribution in [2.75, 3.05) is 11.9 Å². The van der Waals surface area contributed by atoms with Crippen LogP contribution >= 0.6 is 11.6 Å². The number of halogens is 1. The van der Waals surface area contributed by atoms with Crippen LogP contribution in [0, 0.1) is 10.1 Å². The first-order valence-corrected chi connectivity index (χ1v) is 5.99. The zero-order chi connectivity index (χ0) is 13.7. The van der Waals surface area contributed by atoms with Gasteiger partial charge >= 0.3 is 0 Å². The molecule has 0 bridgehead atoms. The van der Waals surface area contributed by atoms with E-state index in [0.717, 1.165) is 5.69 Å². The van der Waals surface area contributed by atoms with Gasteiger partial charge in [0.15, 0.2) is 0 Å². The molecular formula is C12H11ClN4O2. The summed E-state index contributed by atoms with van der Waals surface area (Å²) in [6.45, 7) is 0.571. The van der Waals surface area contributed by atoms with Crippen molar-refractivity contribution in [2.24, 2.45) is 0 Å². The Morgan fingerprint density at radius 1 is 1.37 bits per heavy atom. The number of nitrogens with zero attached hydrogens (tertiary/aromatic N) is 3. The van der Waals surface area contributed by atoms with Crippen molar-refractivity contribution in [3.05, 3.63) is 57.5 Å². The lowest BCUT2D eigenvalue weighted by molar-refractivity contribution is -0.384. The van der Waals surface area contributed by atoms with E-state index in [0.29, 0.717) is 18.8 Å². The second-order valence-corrected chi connectivity index (χ2v) is 4.18. The Morgan fingerprint density at radius 2 is 2.21 bits per heavy atom. The third-order valence-electron chi connectivity index (χ3n) is 2.40. The second-order valence-electron chi connectivity index (χ2n) is 3.79. The Balaban J connectivity index is 1.98. The predicted octanol–water partition coefficient (Wildman–Crippen LogP) is 2.69. The zero-order valence-electron chi connectivity index (χ0n) is 9.91. The fourth-order valence-electron chi connectivity index (χ4n) is 1.54. The average Bonchev–Trinajstić information content (AvgIpc) is 2.39. The molecule has 2 rings (SSSR count). The summed E-state index contributed by atoms with van der Waals surface area (Å²) in [7, 11) is 0. The highest BCUT2D eigenvalue weighted by atomic mass is 35.5. The van der Waals surface area contributed by atoms with Crippen molar-refractivity contribution in [2.45, 2.75) is 6.42 Å². The lowest BCUT2D eigenvalue weighted by Gasteiger charge is -2.05. The van der Waals surface area contributed by atoms with Gasteiger partial charge in [0.05, 0.1) is 17.1 Å². The Kier molecular flexibility index (Phi) is 4.25. The number of aromatic nitrogens is 2. The molecule has 0 amide bonds. The van der Waals surface area contributed by atoms with Crippen LogP contribution in [0.2, 0.25) is 5.15 Å². The molecule has 0 aromatic carbocycles. The van der Waals surface area contributed by atoms with E-state index in [9.17, 15) is 10.1 Å². The molecule has 2 aromatic heterocycles. The molecule has 0 saturated heterocycles. The molecule has 2 aromatic rings. The van der Waals surface area contributed by atoms with Gasteiger partial charge in [0.25, 0.3) is 5.69 Å². The summed E-state index contributed by atoms with van der Waals surface area (Å²) in [5.41, 5.74) is 0.854. The van der Waals surface area contributed by atoms with E-state index >= 15 is 0 Å². The van der Waals surface area contributed by atoms with Crippen LogP contribution in [-0.4, -0.2) is 21.4 Å². The number of pyridine rings is 2. The largest absolute Gasteiger partial charge is 0.369 e. The lowest BCUT2D eigenvalue weighted by atomic mass is 10.3. The lowest BCUT2D eigenvalue weighted by Crippen LogP contribution is -2.07. The minimum atomic E-state index is -0.502. The summed E-state index contributed by atoms with van der Waals surface area (Å²) < 4.78 is 0. The maximum Gasteiger partial charge on any atom is 0.276 e. The van der Waals surface area contributed by atoms with Crippen molar-refractivity contribution >= 4 is 23.1 Å². The number of rotatable bonds is 5. The van der Waals surface area contributed by atoms with E-state index in [1.54, 1.807) is 6.20 Å². The molecule has 0 atom stereocenters. The number of hydrogen-bond acceptors (Lipinski definition) is 5. The predicted molar refractivity (Wildman–Crippen MR) is 72.3 cm³/mol. The maximum absolute atomic E-state index is 10.7. The highest BCUT2D eigenvalue weighted by Crippen LogP contribution is 2.20. The second kappa shape index (κ2) is 6.10. The molecule has 98 valence electrons. The molecule has 7 heteroatoms. The van der Waals surface area contributed by atoms with Gasteiger partial charge in [-0.15, -0.1) is 0 Å². The van der Waals surface area contributed by atoms with Crippen molar-refractivity contribution < 1.29 is 4.92 Å². The minimum absolute atomic E-state index is 0.0830. The van der Waals surface area contributed by atoms with Crippen LogP contribution in [0.3, 0.4) is 0 Å². The maximum atomic E-state index is 10.7. The quantitative estimate of drug-likeness (QED) is 0.517. The summed E-state index contributed by atoms with van der Waals surface area (Å²) in [6.07, 6.45) is 2.42. The summed E-state index contributed by atoms with van der Waals surface area (Å²) in [5, 5.41) is 13.8. The Bertz CT molecular complexity index is 577. The van der Waals surface area contributed by atoms with E-state index in [-0.39, 0.29) is 10.8 Å². The Hall–Kier alpha value is -2.21. The van der Waals surface area contributed by atoms with E-state index in [2.05, 4.69) is 15.3 Å². The standard InChI is InChI=1S/C12H11ClN4O2/c13-11-7-10(17(18)19)8-12(16-11)15-6-4-9-3-1-2-5-14-9/h1-3,5,7-8H,4,6H2,(H,15,16). The van der Waals surface area contributed by atoms with Crippen LogP contribution in [0.15, 0.2) is 36.5 Å². The number of anilines is 1. The van der Waals surface area contributed by atoms with E-state index < -0.39 is 4.92 Å². The SMILES string of the molecule is O=[N+]([O-])c1cc(Cl)nc(NCCc2ccccn2)c1. The third kappa shape index (κ3) is 3.89. The molecule has 0 saturated carbocycles. The molecule has 0 radical (unpaired) electrons. The average molecular weight is 279 g/mol. The van der Waals surface area contributed by atoms with Crippen LogP contribution in [0.1, 0.15) is 5.69 Å². The molecule has 0 aliphatic carbocycles. The van der Waals surface area contributed by atoms with Crippen LogP contribution in [-0.2, 0) is 6.42 Å². The Labute approximate surface area is 114 Å². The van der Waals surface area contributed by atoms with Gasteiger partial charge in [0, 0.05) is 24.9 Å². The molecule has 1 N–H and O–H groups in total. The molecule has 0 fully saturated rings. The number of nitrogens with one attached hydrogen (secondary N) is 1. The normalized spacial score (nSPS) is 10.2. The molecule has 0 aliphatic rings.